The summed E-state index contributed by atoms with van der Waals surface area (Å²) in [5, 5.41) is 3.32. The molecule has 0 saturated heterocycles. The number of hydrogen-bond acceptors (Lipinski definition) is 3. The molecule has 0 bridgehead atoms. The number of amides is 1. The molecule has 2 rings (SSSR count). The zero-order valence-corrected chi connectivity index (χ0v) is 12.6. The minimum absolute atomic E-state index is 0.261. The van der Waals surface area contributed by atoms with Crippen LogP contribution in [0.25, 0.3) is 0 Å². The average Bonchev–Trinajstić information content (AvgIpc) is 2.46. The normalized spacial score (nSPS) is 14.4. The highest BCUT2D eigenvalue weighted by Crippen LogP contribution is 2.18. The molecule has 4 nitrogen and oxygen atoms in total. The van der Waals surface area contributed by atoms with E-state index in [1.54, 1.807) is 0 Å². The highest BCUT2D eigenvalue weighted by atomic mass is 16.2. The van der Waals surface area contributed by atoms with Crippen LogP contribution < -0.4 is 5.32 Å². The van der Waals surface area contributed by atoms with Crippen molar-refractivity contribution < 1.29 is 4.79 Å². The zero-order valence-electron chi connectivity index (χ0n) is 12.6. The highest BCUT2D eigenvalue weighted by Gasteiger charge is 2.19. The van der Waals surface area contributed by atoms with Gasteiger partial charge in [-0.2, -0.15) is 0 Å². The van der Waals surface area contributed by atoms with Crippen LogP contribution in [0.4, 0.5) is 0 Å². The fraction of sp³-hybridized carbons (Fsp3) is 0.562. The first-order valence-corrected chi connectivity index (χ1v) is 7.37. The van der Waals surface area contributed by atoms with E-state index in [0.717, 1.165) is 39.1 Å². The monoisotopic (exact) mass is 275 g/mol. The maximum atomic E-state index is 12.2. The quantitative estimate of drug-likeness (QED) is 0.790. The number of carbonyl (C=O) groups excluding carboxylic acids is 1. The van der Waals surface area contributed by atoms with E-state index < -0.39 is 0 Å². The molecule has 0 fully saturated rings. The first-order chi connectivity index (χ1) is 9.66. The Hall–Kier alpha value is -1.39. The van der Waals surface area contributed by atoms with Gasteiger partial charge in [-0.15, -0.1) is 0 Å². The summed E-state index contributed by atoms with van der Waals surface area (Å²) in [5.74, 6) is 0.261. The molecule has 0 aliphatic carbocycles. The van der Waals surface area contributed by atoms with Crippen LogP contribution in [0.2, 0.25) is 0 Å². The van der Waals surface area contributed by atoms with Crippen molar-refractivity contribution in [3.05, 3.63) is 35.4 Å². The van der Waals surface area contributed by atoms with E-state index in [2.05, 4.69) is 48.6 Å². The number of rotatable bonds is 6. The molecule has 4 heteroatoms. The highest BCUT2D eigenvalue weighted by molar-refractivity contribution is 5.76. The van der Waals surface area contributed by atoms with E-state index in [4.69, 9.17) is 0 Å². The summed E-state index contributed by atoms with van der Waals surface area (Å²) in [6, 6.07) is 8.42. The lowest BCUT2D eigenvalue weighted by Crippen LogP contribution is -2.37. The Morgan fingerprint density at radius 2 is 2.00 bits per heavy atom. The second-order valence-corrected chi connectivity index (χ2v) is 5.64. The van der Waals surface area contributed by atoms with Gasteiger partial charge in [-0.25, -0.2) is 0 Å². The van der Waals surface area contributed by atoms with Crippen molar-refractivity contribution in [2.24, 2.45) is 0 Å². The summed E-state index contributed by atoms with van der Waals surface area (Å²) in [5.41, 5.74) is 2.69. The van der Waals surface area contributed by atoms with Crippen molar-refractivity contribution in [2.75, 3.05) is 40.3 Å². The summed E-state index contributed by atoms with van der Waals surface area (Å²) in [7, 11) is 4.11. The molecule has 0 spiro atoms. The van der Waals surface area contributed by atoms with Crippen LogP contribution in [0, 0.1) is 0 Å². The van der Waals surface area contributed by atoms with Crippen LogP contribution in [-0.4, -0.2) is 56.0 Å². The number of hydrogen-bond donors (Lipinski definition) is 1. The maximum Gasteiger partial charge on any atom is 0.224 e. The molecular formula is C16H25N3O. The van der Waals surface area contributed by atoms with Gasteiger partial charge >= 0.3 is 0 Å². The van der Waals surface area contributed by atoms with Gasteiger partial charge in [-0.3, -0.25) is 4.79 Å². The predicted octanol–water partition coefficient (Wildman–Crippen LogP) is 1.11. The summed E-state index contributed by atoms with van der Waals surface area (Å²) in [6.07, 6.45) is 1.57. The van der Waals surface area contributed by atoms with Gasteiger partial charge in [0.1, 0.15) is 0 Å². The number of nitrogens with one attached hydrogen (secondary N) is 1. The third kappa shape index (κ3) is 4.32. The van der Waals surface area contributed by atoms with Gasteiger partial charge in [0, 0.05) is 39.1 Å². The minimum Gasteiger partial charge on any atom is -0.338 e. The van der Waals surface area contributed by atoms with E-state index in [1.165, 1.54) is 11.1 Å². The van der Waals surface area contributed by atoms with Crippen LogP contribution in [0.5, 0.6) is 0 Å². The summed E-state index contributed by atoms with van der Waals surface area (Å²) in [6.45, 7) is 4.33. The van der Waals surface area contributed by atoms with Gasteiger partial charge in [-0.05, 0) is 31.6 Å². The van der Waals surface area contributed by atoms with Crippen molar-refractivity contribution in [3.8, 4) is 0 Å². The van der Waals surface area contributed by atoms with E-state index >= 15 is 0 Å². The number of nitrogens with zero attached hydrogens (tertiary/aromatic N) is 2. The van der Waals surface area contributed by atoms with Gasteiger partial charge in [0.05, 0.1) is 0 Å². The molecule has 1 aromatic carbocycles. The third-order valence-electron chi connectivity index (χ3n) is 3.73. The number of benzene rings is 1. The van der Waals surface area contributed by atoms with Crippen LogP contribution in [0.3, 0.4) is 0 Å². The van der Waals surface area contributed by atoms with Crippen molar-refractivity contribution >= 4 is 5.91 Å². The van der Waals surface area contributed by atoms with E-state index in [0.29, 0.717) is 6.42 Å². The molecule has 0 unspecified atom stereocenters. The Bertz CT molecular complexity index is 445. The molecule has 20 heavy (non-hydrogen) atoms. The van der Waals surface area contributed by atoms with Crippen LogP contribution in [0.15, 0.2) is 24.3 Å². The Balaban J connectivity index is 1.72. The average molecular weight is 275 g/mol. The first-order valence-electron chi connectivity index (χ1n) is 7.37. The minimum atomic E-state index is 0.261. The SMILES string of the molecule is CN(C)CCNCCC(=O)N1CCc2ccccc2C1. The summed E-state index contributed by atoms with van der Waals surface area (Å²) >= 11 is 0. The van der Waals surface area contributed by atoms with Gasteiger partial charge in [0.25, 0.3) is 0 Å². The van der Waals surface area contributed by atoms with Gasteiger partial charge in [0.15, 0.2) is 0 Å². The molecule has 1 amide bonds. The number of carbonyl (C=O) groups is 1. The lowest BCUT2D eigenvalue weighted by Gasteiger charge is -2.29. The topological polar surface area (TPSA) is 35.6 Å². The predicted molar refractivity (Wildman–Crippen MR) is 81.6 cm³/mol. The molecule has 0 radical (unpaired) electrons. The maximum absolute atomic E-state index is 12.2. The third-order valence-corrected chi connectivity index (χ3v) is 3.73. The van der Waals surface area contributed by atoms with Crippen molar-refractivity contribution in [1.29, 1.82) is 0 Å². The Morgan fingerprint density at radius 3 is 2.75 bits per heavy atom. The molecule has 0 saturated carbocycles. The Morgan fingerprint density at radius 1 is 1.25 bits per heavy atom. The smallest absolute Gasteiger partial charge is 0.224 e. The zero-order chi connectivity index (χ0) is 14.4. The largest absolute Gasteiger partial charge is 0.338 e. The fourth-order valence-electron chi connectivity index (χ4n) is 2.49. The molecule has 1 heterocycles. The van der Waals surface area contributed by atoms with Crippen molar-refractivity contribution in [2.45, 2.75) is 19.4 Å². The Labute approximate surface area is 121 Å². The van der Waals surface area contributed by atoms with E-state index in [-0.39, 0.29) is 5.91 Å². The summed E-state index contributed by atoms with van der Waals surface area (Å²) < 4.78 is 0. The summed E-state index contributed by atoms with van der Waals surface area (Å²) in [4.78, 5) is 16.3. The molecule has 110 valence electrons. The lowest BCUT2D eigenvalue weighted by molar-refractivity contribution is -0.132. The van der Waals surface area contributed by atoms with Gasteiger partial charge < -0.3 is 15.1 Å². The standard InChI is InChI=1S/C16H25N3O/c1-18(2)12-10-17-9-7-16(20)19-11-8-14-5-3-4-6-15(14)13-19/h3-6,17H,7-13H2,1-2H3. The lowest BCUT2D eigenvalue weighted by atomic mass is 10.00. The molecule has 1 aliphatic heterocycles. The fourth-order valence-corrected chi connectivity index (χ4v) is 2.49. The second kappa shape index (κ2) is 7.41. The molecule has 1 N–H and O–H groups in total. The molecule has 1 aromatic rings. The van der Waals surface area contributed by atoms with Crippen LogP contribution in [-0.2, 0) is 17.8 Å². The Kier molecular flexibility index (Phi) is 5.56. The van der Waals surface area contributed by atoms with Gasteiger partial charge in [-0.1, -0.05) is 24.3 Å². The number of fused-ring (bicyclic) bond motifs is 1. The van der Waals surface area contributed by atoms with Crippen LogP contribution >= 0.6 is 0 Å². The molecular weight excluding hydrogens is 250 g/mol. The van der Waals surface area contributed by atoms with Gasteiger partial charge in [0.2, 0.25) is 5.91 Å². The second-order valence-electron chi connectivity index (χ2n) is 5.64. The van der Waals surface area contributed by atoms with Crippen molar-refractivity contribution in [3.63, 3.8) is 0 Å². The van der Waals surface area contributed by atoms with E-state index in [9.17, 15) is 4.79 Å². The van der Waals surface area contributed by atoms with Crippen LogP contribution in [0.1, 0.15) is 17.5 Å². The number of likely N-dealkylation sites (N-methyl/N-ethyl adjacent to an activating group) is 1. The van der Waals surface area contributed by atoms with Crippen molar-refractivity contribution in [1.82, 2.24) is 15.1 Å². The molecule has 1 aliphatic rings. The molecule has 0 atom stereocenters. The molecule has 0 aromatic heterocycles. The first kappa shape index (κ1) is 15.0. The van der Waals surface area contributed by atoms with E-state index in [1.807, 2.05) is 4.90 Å².